The van der Waals surface area contributed by atoms with Crippen LogP contribution in [0.5, 0.6) is 0 Å². The smallest absolute Gasteiger partial charge is 0.444 e. The van der Waals surface area contributed by atoms with Gasteiger partial charge in [-0.05, 0) is 39.7 Å². The van der Waals surface area contributed by atoms with Crippen LogP contribution in [0.15, 0.2) is 42.4 Å². The molecule has 0 spiro atoms. The highest BCUT2D eigenvalue weighted by Gasteiger charge is 2.38. The van der Waals surface area contributed by atoms with Crippen LogP contribution in [0.3, 0.4) is 0 Å². The lowest BCUT2D eigenvalue weighted by Gasteiger charge is -2.31. The van der Waals surface area contributed by atoms with Gasteiger partial charge in [-0.2, -0.15) is 13.2 Å². The van der Waals surface area contributed by atoms with Gasteiger partial charge >= 0.3 is 12.3 Å². The zero-order chi connectivity index (χ0) is 27.3. The van der Waals surface area contributed by atoms with Crippen molar-refractivity contribution in [3.05, 3.63) is 53.9 Å². The summed E-state index contributed by atoms with van der Waals surface area (Å²) in [7, 11) is 0. The number of allylic oxidation sites excluding steroid dienone is 5. The van der Waals surface area contributed by atoms with Crippen molar-refractivity contribution >= 4 is 12.0 Å². The van der Waals surface area contributed by atoms with Crippen molar-refractivity contribution in [2.75, 3.05) is 6.54 Å². The van der Waals surface area contributed by atoms with E-state index >= 15 is 0 Å². The van der Waals surface area contributed by atoms with Crippen LogP contribution in [0, 0.1) is 0 Å². The summed E-state index contributed by atoms with van der Waals surface area (Å²) in [6.07, 6.45) is -3.70. The maximum Gasteiger partial charge on any atom is 0.449 e. The van der Waals surface area contributed by atoms with E-state index in [1.807, 2.05) is 0 Å². The first-order valence-corrected chi connectivity index (χ1v) is 11.0. The van der Waals surface area contributed by atoms with Crippen molar-refractivity contribution in [3.63, 3.8) is 0 Å². The van der Waals surface area contributed by atoms with Crippen LogP contribution in [-0.2, 0) is 28.8 Å². The van der Waals surface area contributed by atoms with Gasteiger partial charge in [-0.15, -0.1) is 0 Å². The van der Waals surface area contributed by atoms with E-state index in [-0.39, 0.29) is 50.7 Å². The van der Waals surface area contributed by atoms with Gasteiger partial charge in [0.15, 0.2) is 11.7 Å². The van der Waals surface area contributed by atoms with Gasteiger partial charge in [0, 0.05) is 31.6 Å². The molecule has 1 atom stereocenters. The molecule has 0 unspecified atom stereocenters. The van der Waals surface area contributed by atoms with Gasteiger partial charge in [-0.1, -0.05) is 6.58 Å². The predicted octanol–water partition coefficient (Wildman–Crippen LogP) is 5.50. The molecule has 36 heavy (non-hydrogen) atoms. The average Bonchev–Trinajstić information content (AvgIpc) is 3.15. The van der Waals surface area contributed by atoms with Gasteiger partial charge in [-0.25, -0.2) is 22.9 Å². The van der Waals surface area contributed by atoms with Crippen molar-refractivity contribution in [1.29, 1.82) is 0 Å². The number of carbonyl (C=O) groups excluding carboxylic acids is 2. The summed E-state index contributed by atoms with van der Waals surface area (Å²) in [5, 5.41) is 2.51. The van der Waals surface area contributed by atoms with E-state index in [4.69, 9.17) is 4.74 Å². The van der Waals surface area contributed by atoms with Gasteiger partial charge in [0.1, 0.15) is 11.4 Å². The first-order chi connectivity index (χ1) is 16.6. The first kappa shape index (κ1) is 29.0. The number of nitrogens with zero attached hydrogens (tertiary/aromatic N) is 3. The highest BCUT2D eigenvalue weighted by Crippen LogP contribution is 2.30. The summed E-state index contributed by atoms with van der Waals surface area (Å²) in [5.41, 5.74) is -0.630. The summed E-state index contributed by atoms with van der Waals surface area (Å²) >= 11 is 0. The Labute approximate surface area is 204 Å². The highest BCUT2D eigenvalue weighted by molar-refractivity contribution is 5.78. The number of alkyl carbamates (subject to hydrolysis) is 1. The third-order valence-electron chi connectivity index (χ3n) is 4.98. The number of alkyl halides is 3. The summed E-state index contributed by atoms with van der Waals surface area (Å²) in [6, 6.07) is -0.864. The standard InChI is InChI=1S/C23H28F6N4O3/c1-14(24)10-18(26)17(25)7-5-6-15(31-21(35)36-22(2,3)4)11-19(34)32-8-9-33-16(13-32)12-30-20(33)23(27,28)29/h7,10,12,15H,1,5-6,8-9,11,13H2,2-4H3,(H,31,35)/b17-7+,18-10+/t15-/m1/s1. The van der Waals surface area contributed by atoms with Gasteiger partial charge in [0.25, 0.3) is 0 Å². The first-order valence-electron chi connectivity index (χ1n) is 11.0. The molecule has 0 saturated carbocycles. The number of carbonyl (C=O) groups is 2. The quantitative estimate of drug-likeness (QED) is 0.362. The van der Waals surface area contributed by atoms with E-state index in [0.29, 0.717) is 0 Å². The lowest BCUT2D eigenvalue weighted by atomic mass is 10.1. The number of ether oxygens (including phenoxy) is 1. The lowest BCUT2D eigenvalue weighted by Crippen LogP contribution is -2.44. The molecule has 1 aromatic heterocycles. The monoisotopic (exact) mass is 522 g/mol. The molecule has 0 aliphatic carbocycles. The molecule has 2 heterocycles. The number of halogens is 6. The zero-order valence-electron chi connectivity index (χ0n) is 20.1. The Morgan fingerprint density at radius 1 is 1.19 bits per heavy atom. The van der Waals surface area contributed by atoms with Crippen molar-refractivity contribution in [3.8, 4) is 0 Å². The largest absolute Gasteiger partial charge is 0.449 e. The number of hydrogen-bond donors (Lipinski definition) is 1. The fourth-order valence-electron chi connectivity index (χ4n) is 3.48. The molecule has 2 amide bonds. The van der Waals surface area contributed by atoms with Crippen LogP contribution in [-0.4, -0.2) is 44.6 Å². The van der Waals surface area contributed by atoms with E-state index < -0.39 is 53.1 Å². The Balaban J connectivity index is 2.09. The minimum absolute atomic E-state index is 0.00769. The van der Waals surface area contributed by atoms with Crippen LogP contribution >= 0.6 is 0 Å². The number of hydrogen-bond acceptors (Lipinski definition) is 4. The summed E-state index contributed by atoms with van der Waals surface area (Å²) in [4.78, 5) is 29.8. The minimum atomic E-state index is -4.62. The average molecular weight is 522 g/mol. The predicted molar refractivity (Wildman–Crippen MR) is 118 cm³/mol. The van der Waals surface area contributed by atoms with E-state index in [2.05, 4.69) is 16.9 Å². The van der Waals surface area contributed by atoms with E-state index in [1.165, 1.54) is 4.90 Å². The number of amides is 2. The molecular formula is C23H28F6N4O3. The van der Waals surface area contributed by atoms with Crippen LogP contribution < -0.4 is 5.32 Å². The normalized spacial score (nSPS) is 15.9. The molecule has 200 valence electrons. The molecule has 0 saturated heterocycles. The third kappa shape index (κ3) is 8.76. The fraction of sp³-hybridized carbons (Fsp3) is 0.522. The molecule has 13 heteroatoms. The van der Waals surface area contributed by atoms with Crippen molar-refractivity contribution in [1.82, 2.24) is 19.8 Å². The van der Waals surface area contributed by atoms with Gasteiger partial charge in [-0.3, -0.25) is 4.79 Å². The van der Waals surface area contributed by atoms with Crippen LogP contribution in [0.1, 0.15) is 51.6 Å². The fourth-order valence-corrected chi connectivity index (χ4v) is 3.48. The lowest BCUT2D eigenvalue weighted by molar-refractivity contribution is -0.148. The molecule has 1 aliphatic heterocycles. The highest BCUT2D eigenvalue weighted by atomic mass is 19.4. The van der Waals surface area contributed by atoms with Gasteiger partial charge < -0.3 is 19.5 Å². The minimum Gasteiger partial charge on any atom is -0.444 e. The number of fused-ring (bicyclic) bond motifs is 1. The van der Waals surface area contributed by atoms with Crippen LogP contribution in [0.2, 0.25) is 0 Å². The molecule has 0 bridgehead atoms. The molecule has 1 N–H and O–H groups in total. The maximum atomic E-state index is 13.8. The number of nitrogens with one attached hydrogen (secondary N) is 1. The topological polar surface area (TPSA) is 76.5 Å². The summed E-state index contributed by atoms with van der Waals surface area (Å²) in [6.45, 7) is 7.46. The van der Waals surface area contributed by atoms with Crippen molar-refractivity contribution in [2.45, 2.75) is 70.9 Å². The molecule has 2 rings (SSSR count). The van der Waals surface area contributed by atoms with Gasteiger partial charge in [0.2, 0.25) is 11.7 Å². The van der Waals surface area contributed by atoms with E-state index in [0.717, 1.165) is 16.8 Å². The molecule has 1 aliphatic rings. The Morgan fingerprint density at radius 2 is 1.86 bits per heavy atom. The molecule has 0 radical (unpaired) electrons. The summed E-state index contributed by atoms with van der Waals surface area (Å²) < 4.78 is 85.3. The van der Waals surface area contributed by atoms with E-state index in [9.17, 15) is 35.9 Å². The second-order valence-electron chi connectivity index (χ2n) is 9.15. The number of rotatable bonds is 8. The molecule has 0 fully saturated rings. The van der Waals surface area contributed by atoms with E-state index in [1.54, 1.807) is 20.8 Å². The van der Waals surface area contributed by atoms with Crippen molar-refractivity contribution in [2.24, 2.45) is 0 Å². The molecule has 1 aromatic rings. The zero-order valence-corrected chi connectivity index (χ0v) is 20.1. The Hall–Kier alpha value is -3.25. The van der Waals surface area contributed by atoms with Crippen LogP contribution in [0.25, 0.3) is 0 Å². The van der Waals surface area contributed by atoms with Gasteiger partial charge in [0.05, 0.1) is 18.4 Å². The third-order valence-corrected chi connectivity index (χ3v) is 4.98. The Morgan fingerprint density at radius 3 is 2.44 bits per heavy atom. The molecule has 0 aromatic carbocycles. The van der Waals surface area contributed by atoms with Crippen LogP contribution in [0.4, 0.5) is 31.1 Å². The number of imidazole rings is 1. The Bertz CT molecular complexity index is 1040. The second kappa shape index (κ2) is 11.7. The molecule has 7 nitrogen and oxygen atoms in total. The number of aromatic nitrogens is 2. The molecular weight excluding hydrogens is 494 g/mol. The van der Waals surface area contributed by atoms with Crippen molar-refractivity contribution < 1.29 is 40.7 Å². The maximum absolute atomic E-state index is 13.8. The second-order valence-corrected chi connectivity index (χ2v) is 9.15. The summed E-state index contributed by atoms with van der Waals surface area (Å²) in [5.74, 6) is -5.47. The Kier molecular flexibility index (Phi) is 9.38. The SMILES string of the molecule is C=C(F)/C=C(F)\C(F)=C/CC[C@H](CC(=O)N1CCn2c(cnc2C(F)(F)F)C1)NC(=O)OC(C)(C)C.